The topological polar surface area (TPSA) is 55.1 Å². The van der Waals surface area contributed by atoms with Gasteiger partial charge in [0.2, 0.25) is 0 Å². The van der Waals surface area contributed by atoms with Gasteiger partial charge in [-0.05, 0) is 34.5 Å². The molecule has 1 unspecified atom stereocenters. The van der Waals surface area contributed by atoms with Crippen molar-refractivity contribution in [3.05, 3.63) is 34.1 Å². The molecular formula is C12H16BrFN2O. The zero-order chi connectivity index (χ0) is 12.8. The lowest BCUT2D eigenvalue weighted by molar-refractivity contribution is 0.0935. The van der Waals surface area contributed by atoms with Crippen molar-refractivity contribution >= 4 is 21.8 Å². The van der Waals surface area contributed by atoms with Crippen LogP contribution in [-0.2, 0) is 0 Å². The minimum Gasteiger partial charge on any atom is -0.348 e. The van der Waals surface area contributed by atoms with Crippen molar-refractivity contribution < 1.29 is 9.18 Å². The summed E-state index contributed by atoms with van der Waals surface area (Å²) in [6.07, 6.45) is 1.75. The molecular weight excluding hydrogens is 287 g/mol. The molecule has 0 radical (unpaired) electrons. The summed E-state index contributed by atoms with van der Waals surface area (Å²) < 4.78 is 13.4. The van der Waals surface area contributed by atoms with Crippen LogP contribution >= 0.6 is 15.9 Å². The molecule has 0 aromatic heterocycles. The Kier molecular flexibility index (Phi) is 5.58. The number of carbonyl (C=O) groups is 1. The molecule has 3 nitrogen and oxygen atoms in total. The molecule has 1 rings (SSSR count). The zero-order valence-electron chi connectivity index (χ0n) is 9.67. The highest BCUT2D eigenvalue weighted by atomic mass is 79.9. The van der Waals surface area contributed by atoms with E-state index in [1.54, 1.807) is 6.07 Å². The molecule has 94 valence electrons. The Hall–Kier alpha value is -0.940. The first-order valence-corrected chi connectivity index (χ1v) is 6.34. The minimum absolute atomic E-state index is 0.0670. The Morgan fingerprint density at radius 2 is 2.29 bits per heavy atom. The molecule has 1 aromatic carbocycles. The third kappa shape index (κ3) is 3.78. The smallest absolute Gasteiger partial charge is 0.252 e. The summed E-state index contributed by atoms with van der Waals surface area (Å²) in [5, 5.41) is 2.79. The number of nitrogens with two attached hydrogens (primary N) is 1. The highest BCUT2D eigenvalue weighted by molar-refractivity contribution is 9.10. The molecule has 1 atom stereocenters. The fourth-order valence-electron chi connectivity index (χ4n) is 1.54. The van der Waals surface area contributed by atoms with Crippen LogP contribution in [0.4, 0.5) is 4.39 Å². The maximum absolute atomic E-state index is 13.3. The fraction of sp³-hybridized carbons (Fsp3) is 0.417. The first kappa shape index (κ1) is 14.1. The van der Waals surface area contributed by atoms with Crippen LogP contribution < -0.4 is 11.1 Å². The zero-order valence-corrected chi connectivity index (χ0v) is 11.3. The van der Waals surface area contributed by atoms with E-state index in [-0.39, 0.29) is 16.4 Å². The van der Waals surface area contributed by atoms with Gasteiger partial charge in [-0.2, -0.15) is 0 Å². The van der Waals surface area contributed by atoms with Crippen molar-refractivity contribution in [3.8, 4) is 0 Å². The summed E-state index contributed by atoms with van der Waals surface area (Å²) in [6.45, 7) is 2.40. The molecule has 0 heterocycles. The summed E-state index contributed by atoms with van der Waals surface area (Å²) in [5.74, 6) is -0.752. The molecule has 0 fully saturated rings. The molecule has 0 saturated carbocycles. The van der Waals surface area contributed by atoms with E-state index in [9.17, 15) is 9.18 Å². The van der Waals surface area contributed by atoms with Crippen molar-refractivity contribution in [1.82, 2.24) is 5.32 Å². The minimum atomic E-state index is -0.447. The number of nitrogens with one attached hydrogen (secondary N) is 1. The number of hydrogen-bond donors (Lipinski definition) is 2. The highest BCUT2D eigenvalue weighted by Crippen LogP contribution is 2.20. The predicted molar refractivity (Wildman–Crippen MR) is 69.3 cm³/mol. The molecule has 0 aliphatic heterocycles. The van der Waals surface area contributed by atoms with Crippen LogP contribution in [0, 0.1) is 5.82 Å². The van der Waals surface area contributed by atoms with Crippen molar-refractivity contribution in [2.75, 3.05) is 6.54 Å². The van der Waals surface area contributed by atoms with Gasteiger partial charge in [0, 0.05) is 12.6 Å². The van der Waals surface area contributed by atoms with Gasteiger partial charge in [0.05, 0.1) is 10.0 Å². The normalized spacial score (nSPS) is 12.2. The average molecular weight is 303 g/mol. The van der Waals surface area contributed by atoms with Crippen LogP contribution in [0.5, 0.6) is 0 Å². The number of halogens is 2. The lowest BCUT2D eigenvalue weighted by Crippen LogP contribution is -2.40. The van der Waals surface area contributed by atoms with Crippen LogP contribution in [0.25, 0.3) is 0 Å². The third-order valence-corrected chi connectivity index (χ3v) is 3.26. The first-order valence-electron chi connectivity index (χ1n) is 5.55. The Bertz CT molecular complexity index is 398. The third-order valence-electron chi connectivity index (χ3n) is 2.45. The van der Waals surface area contributed by atoms with Gasteiger partial charge >= 0.3 is 0 Å². The maximum Gasteiger partial charge on any atom is 0.252 e. The van der Waals surface area contributed by atoms with E-state index < -0.39 is 5.82 Å². The first-order chi connectivity index (χ1) is 8.10. The Labute approximate surface area is 109 Å². The van der Waals surface area contributed by atoms with E-state index >= 15 is 0 Å². The van der Waals surface area contributed by atoms with Gasteiger partial charge < -0.3 is 11.1 Å². The number of amides is 1. The molecule has 1 amide bonds. The number of rotatable bonds is 5. The fourth-order valence-corrected chi connectivity index (χ4v) is 1.98. The van der Waals surface area contributed by atoms with Crippen molar-refractivity contribution in [2.45, 2.75) is 25.8 Å². The van der Waals surface area contributed by atoms with Gasteiger partial charge in [-0.15, -0.1) is 0 Å². The van der Waals surface area contributed by atoms with E-state index in [0.29, 0.717) is 12.1 Å². The summed E-state index contributed by atoms with van der Waals surface area (Å²) in [5.41, 5.74) is 5.84. The Balaban J connectivity index is 2.79. The maximum atomic E-state index is 13.3. The lowest BCUT2D eigenvalue weighted by atomic mass is 10.1. The molecule has 0 aliphatic carbocycles. The van der Waals surface area contributed by atoms with Gasteiger partial charge in [-0.1, -0.05) is 19.4 Å². The second-order valence-corrected chi connectivity index (χ2v) is 4.59. The van der Waals surface area contributed by atoms with Crippen LogP contribution in [0.1, 0.15) is 30.1 Å². The lowest BCUT2D eigenvalue weighted by Gasteiger charge is -2.16. The second-order valence-electron chi connectivity index (χ2n) is 3.80. The molecule has 1 aromatic rings. The van der Waals surface area contributed by atoms with Gasteiger partial charge in [0.1, 0.15) is 5.82 Å². The van der Waals surface area contributed by atoms with Gasteiger partial charge in [0.15, 0.2) is 0 Å². The molecule has 0 aliphatic rings. The van der Waals surface area contributed by atoms with Gasteiger partial charge in [-0.25, -0.2) is 4.39 Å². The van der Waals surface area contributed by atoms with E-state index in [0.717, 1.165) is 12.8 Å². The molecule has 0 saturated heterocycles. The summed E-state index contributed by atoms with van der Waals surface area (Å²) in [6, 6.07) is 4.31. The Morgan fingerprint density at radius 1 is 1.59 bits per heavy atom. The number of carbonyl (C=O) groups excluding carboxylic acids is 1. The molecule has 0 bridgehead atoms. The van der Waals surface area contributed by atoms with Crippen LogP contribution in [0.3, 0.4) is 0 Å². The van der Waals surface area contributed by atoms with E-state index in [4.69, 9.17) is 5.73 Å². The molecule has 5 heteroatoms. The van der Waals surface area contributed by atoms with Crippen LogP contribution in [0.2, 0.25) is 0 Å². The summed E-state index contributed by atoms with van der Waals surface area (Å²) in [4.78, 5) is 11.9. The van der Waals surface area contributed by atoms with Crippen molar-refractivity contribution in [1.29, 1.82) is 0 Å². The monoisotopic (exact) mass is 302 g/mol. The van der Waals surface area contributed by atoms with Gasteiger partial charge in [0.25, 0.3) is 5.91 Å². The molecule has 3 N–H and O–H groups in total. The second kappa shape index (κ2) is 6.71. The largest absolute Gasteiger partial charge is 0.348 e. The molecule has 17 heavy (non-hydrogen) atoms. The van der Waals surface area contributed by atoms with Crippen LogP contribution in [-0.4, -0.2) is 18.5 Å². The summed E-state index contributed by atoms with van der Waals surface area (Å²) in [7, 11) is 0. The van der Waals surface area contributed by atoms with Gasteiger partial charge in [-0.3, -0.25) is 4.79 Å². The number of benzene rings is 1. The van der Waals surface area contributed by atoms with E-state index in [1.807, 2.05) is 6.92 Å². The SMILES string of the molecule is CCCC(CN)NC(=O)c1cccc(F)c1Br. The number of hydrogen-bond acceptors (Lipinski definition) is 2. The highest BCUT2D eigenvalue weighted by Gasteiger charge is 2.15. The van der Waals surface area contributed by atoms with Crippen molar-refractivity contribution in [3.63, 3.8) is 0 Å². The average Bonchev–Trinajstić information content (AvgIpc) is 2.31. The van der Waals surface area contributed by atoms with E-state index in [1.165, 1.54) is 12.1 Å². The van der Waals surface area contributed by atoms with E-state index in [2.05, 4.69) is 21.2 Å². The quantitative estimate of drug-likeness (QED) is 0.878. The van der Waals surface area contributed by atoms with Crippen LogP contribution in [0.15, 0.2) is 22.7 Å². The summed E-state index contributed by atoms with van der Waals surface area (Å²) >= 11 is 3.06. The molecule has 0 spiro atoms. The Morgan fingerprint density at radius 3 is 2.88 bits per heavy atom. The van der Waals surface area contributed by atoms with Crippen molar-refractivity contribution in [2.24, 2.45) is 5.73 Å². The predicted octanol–water partition coefficient (Wildman–Crippen LogP) is 2.45. The standard InChI is InChI=1S/C12H16BrFN2O/c1-2-4-8(7-15)16-12(17)9-5-3-6-10(14)11(9)13/h3,5-6,8H,2,4,7,15H2,1H3,(H,16,17).